The summed E-state index contributed by atoms with van der Waals surface area (Å²) in [5.41, 5.74) is 2.54. The van der Waals surface area contributed by atoms with Crippen molar-refractivity contribution in [2.45, 2.75) is 26.8 Å². The molecule has 152 valence electrons. The van der Waals surface area contributed by atoms with Gasteiger partial charge in [0.1, 0.15) is 11.5 Å². The number of carbonyl (C=O) groups is 1. The van der Waals surface area contributed by atoms with Gasteiger partial charge in [0.05, 0.1) is 23.5 Å². The maximum absolute atomic E-state index is 14.1. The summed E-state index contributed by atoms with van der Waals surface area (Å²) in [6.45, 7) is 8.25. The van der Waals surface area contributed by atoms with Gasteiger partial charge in [-0.1, -0.05) is 56.3 Å². The summed E-state index contributed by atoms with van der Waals surface area (Å²) in [7, 11) is 0. The minimum Gasteiger partial charge on any atom is -0.350 e. The van der Waals surface area contributed by atoms with E-state index in [1.807, 2.05) is 18.2 Å². The molecule has 1 N–H and O–H groups in total. The van der Waals surface area contributed by atoms with E-state index in [0.717, 1.165) is 18.7 Å². The number of carbonyl (C=O) groups excluding carboxylic acids is 1. The summed E-state index contributed by atoms with van der Waals surface area (Å²) in [4.78, 5) is 15.2. The van der Waals surface area contributed by atoms with Crippen molar-refractivity contribution in [1.82, 2.24) is 20.0 Å². The number of para-hydroxylation sites is 1. The van der Waals surface area contributed by atoms with E-state index in [4.69, 9.17) is 0 Å². The van der Waals surface area contributed by atoms with E-state index in [0.29, 0.717) is 23.5 Å². The van der Waals surface area contributed by atoms with Crippen LogP contribution in [0.3, 0.4) is 0 Å². The van der Waals surface area contributed by atoms with Crippen LogP contribution >= 0.6 is 0 Å². The first-order valence-electron chi connectivity index (χ1n) is 9.93. The van der Waals surface area contributed by atoms with Gasteiger partial charge in [-0.25, -0.2) is 9.07 Å². The Bertz CT molecular complexity index is 951. The summed E-state index contributed by atoms with van der Waals surface area (Å²) >= 11 is 0. The summed E-state index contributed by atoms with van der Waals surface area (Å²) in [6.07, 6.45) is 1.49. The quantitative estimate of drug-likeness (QED) is 0.625. The summed E-state index contributed by atoms with van der Waals surface area (Å²) in [6, 6.07) is 16.6. The Morgan fingerprint density at radius 2 is 1.76 bits per heavy atom. The third-order valence-electron chi connectivity index (χ3n) is 5.23. The Labute approximate surface area is 171 Å². The van der Waals surface area contributed by atoms with Crippen LogP contribution in [0.5, 0.6) is 0 Å². The lowest BCUT2D eigenvalue weighted by atomic mass is 10.0. The average molecular weight is 394 g/mol. The van der Waals surface area contributed by atoms with E-state index in [-0.39, 0.29) is 17.8 Å². The molecule has 0 spiro atoms. The molecule has 2 aromatic carbocycles. The largest absolute Gasteiger partial charge is 0.350 e. The van der Waals surface area contributed by atoms with Gasteiger partial charge in [-0.05, 0) is 37.7 Å². The third-order valence-corrected chi connectivity index (χ3v) is 5.23. The molecule has 1 aromatic heterocycles. The number of nitrogens with zero attached hydrogens (tertiary/aromatic N) is 3. The topological polar surface area (TPSA) is 50.2 Å². The van der Waals surface area contributed by atoms with Crippen LogP contribution in [-0.2, 0) is 0 Å². The van der Waals surface area contributed by atoms with E-state index in [9.17, 15) is 9.18 Å². The number of nitrogens with one attached hydrogen (secondary N) is 1. The van der Waals surface area contributed by atoms with E-state index < -0.39 is 0 Å². The maximum atomic E-state index is 14.1. The second kappa shape index (κ2) is 9.47. The summed E-state index contributed by atoms with van der Waals surface area (Å²) in [5, 5.41) is 7.27. The normalized spacial score (nSPS) is 12.2. The smallest absolute Gasteiger partial charge is 0.254 e. The van der Waals surface area contributed by atoms with Crippen molar-refractivity contribution in [1.29, 1.82) is 0 Å². The van der Waals surface area contributed by atoms with Crippen molar-refractivity contribution in [2.75, 3.05) is 19.6 Å². The van der Waals surface area contributed by atoms with Crippen molar-refractivity contribution < 1.29 is 9.18 Å². The number of aromatic nitrogens is 2. The first-order chi connectivity index (χ1) is 14.1. The fraction of sp³-hybridized carbons (Fsp3) is 0.304. The number of hydrogen-bond acceptors (Lipinski definition) is 3. The second-order valence-corrected chi connectivity index (χ2v) is 6.86. The second-order valence-electron chi connectivity index (χ2n) is 6.86. The molecule has 0 unspecified atom stereocenters. The molecule has 0 aliphatic carbocycles. The molecular weight excluding hydrogens is 367 g/mol. The number of hydrogen-bond donors (Lipinski definition) is 1. The van der Waals surface area contributed by atoms with Crippen molar-refractivity contribution >= 4 is 5.91 Å². The zero-order chi connectivity index (χ0) is 20.8. The minimum absolute atomic E-state index is 0.0806. The Morgan fingerprint density at radius 1 is 1.10 bits per heavy atom. The van der Waals surface area contributed by atoms with Crippen LogP contribution in [0, 0.1) is 12.7 Å². The van der Waals surface area contributed by atoms with E-state index in [2.05, 4.69) is 41.3 Å². The Balaban J connectivity index is 1.78. The Kier molecular flexibility index (Phi) is 6.77. The molecule has 1 atom stereocenters. The zero-order valence-corrected chi connectivity index (χ0v) is 17.1. The highest BCUT2D eigenvalue weighted by Crippen LogP contribution is 2.21. The molecular formula is C23H27FN4O. The van der Waals surface area contributed by atoms with Crippen LogP contribution in [0.4, 0.5) is 4.39 Å². The molecule has 0 aliphatic heterocycles. The molecule has 0 aliphatic rings. The molecule has 1 heterocycles. The molecule has 5 nitrogen and oxygen atoms in total. The van der Waals surface area contributed by atoms with Crippen molar-refractivity contribution in [3.8, 4) is 5.69 Å². The fourth-order valence-electron chi connectivity index (χ4n) is 3.58. The zero-order valence-electron chi connectivity index (χ0n) is 17.1. The third kappa shape index (κ3) is 4.54. The van der Waals surface area contributed by atoms with Gasteiger partial charge in [0.15, 0.2) is 0 Å². The highest BCUT2D eigenvalue weighted by molar-refractivity contribution is 5.95. The van der Waals surface area contributed by atoms with Gasteiger partial charge in [0.2, 0.25) is 0 Å². The fourth-order valence-corrected chi connectivity index (χ4v) is 3.58. The number of likely N-dealkylation sites (N-methyl/N-ethyl adjacent to an activating group) is 1. The molecule has 0 saturated carbocycles. The number of benzene rings is 2. The average Bonchev–Trinajstić information content (AvgIpc) is 3.13. The molecule has 3 rings (SSSR count). The van der Waals surface area contributed by atoms with Gasteiger partial charge in [-0.2, -0.15) is 5.10 Å². The number of halogens is 1. The Hall–Kier alpha value is -2.99. The van der Waals surface area contributed by atoms with Gasteiger partial charge >= 0.3 is 0 Å². The maximum Gasteiger partial charge on any atom is 0.254 e. The molecule has 0 bridgehead atoms. The van der Waals surface area contributed by atoms with Crippen LogP contribution in [0.15, 0.2) is 60.8 Å². The monoisotopic (exact) mass is 394 g/mol. The molecule has 3 aromatic rings. The molecule has 0 radical (unpaired) electrons. The van der Waals surface area contributed by atoms with Gasteiger partial charge in [0, 0.05) is 6.54 Å². The lowest BCUT2D eigenvalue weighted by molar-refractivity contribution is 0.0934. The van der Waals surface area contributed by atoms with E-state index in [1.165, 1.54) is 16.9 Å². The van der Waals surface area contributed by atoms with Gasteiger partial charge in [-0.15, -0.1) is 0 Å². The van der Waals surface area contributed by atoms with Crippen molar-refractivity contribution in [2.24, 2.45) is 0 Å². The van der Waals surface area contributed by atoms with Gasteiger partial charge in [0.25, 0.3) is 5.91 Å². The SMILES string of the molecule is CCN(CC)[C@@H](CNC(=O)c1cnn(-c2ccccc2F)c1C)c1ccccc1. The summed E-state index contributed by atoms with van der Waals surface area (Å²) in [5.74, 6) is -0.588. The van der Waals surface area contributed by atoms with Gasteiger partial charge < -0.3 is 5.32 Å². The standard InChI is InChI=1S/C23H27FN4O/c1-4-27(5-2)22(18-11-7-6-8-12-18)16-25-23(29)19-15-26-28(17(19)3)21-14-10-9-13-20(21)24/h6-15,22H,4-5,16H2,1-3H3,(H,25,29)/t22-/m0/s1. The van der Waals surface area contributed by atoms with Crippen LogP contribution in [-0.4, -0.2) is 40.2 Å². The number of amides is 1. The highest BCUT2D eigenvalue weighted by atomic mass is 19.1. The van der Waals surface area contributed by atoms with E-state index in [1.54, 1.807) is 25.1 Å². The van der Waals surface area contributed by atoms with Gasteiger partial charge in [-0.3, -0.25) is 9.69 Å². The predicted molar refractivity (Wildman–Crippen MR) is 113 cm³/mol. The highest BCUT2D eigenvalue weighted by Gasteiger charge is 2.21. The van der Waals surface area contributed by atoms with Crippen molar-refractivity contribution in [3.63, 3.8) is 0 Å². The Morgan fingerprint density at radius 3 is 2.41 bits per heavy atom. The van der Waals surface area contributed by atoms with Crippen LogP contribution < -0.4 is 5.32 Å². The first-order valence-corrected chi connectivity index (χ1v) is 9.93. The molecule has 6 heteroatoms. The minimum atomic E-state index is -0.378. The van der Waals surface area contributed by atoms with Crippen molar-refractivity contribution in [3.05, 3.63) is 83.4 Å². The molecule has 0 fully saturated rings. The predicted octanol–water partition coefficient (Wildman–Crippen LogP) is 4.13. The summed E-state index contributed by atoms with van der Waals surface area (Å²) < 4.78 is 15.6. The van der Waals surface area contributed by atoms with Crippen LogP contribution in [0.1, 0.15) is 41.5 Å². The van der Waals surface area contributed by atoms with Crippen LogP contribution in [0.2, 0.25) is 0 Å². The number of rotatable bonds is 8. The lowest BCUT2D eigenvalue weighted by Gasteiger charge is -2.30. The van der Waals surface area contributed by atoms with Crippen LogP contribution in [0.25, 0.3) is 5.69 Å². The lowest BCUT2D eigenvalue weighted by Crippen LogP contribution is -2.38. The molecule has 1 amide bonds. The molecule has 0 saturated heterocycles. The first kappa shape index (κ1) is 20.7. The molecule has 29 heavy (non-hydrogen) atoms. The van der Waals surface area contributed by atoms with E-state index >= 15 is 0 Å².